The predicted molar refractivity (Wildman–Crippen MR) is 79.7 cm³/mol. The monoisotopic (exact) mass is 283 g/mol. The van der Waals surface area contributed by atoms with Gasteiger partial charge in [-0.05, 0) is 33.6 Å². The lowest BCUT2D eigenvalue weighted by atomic mass is 10.2. The second-order valence-corrected chi connectivity index (χ2v) is 6.23. The van der Waals surface area contributed by atoms with Gasteiger partial charge in [0.2, 0.25) is 5.91 Å². The number of hydrogen-bond acceptors (Lipinski definition) is 4. The third-order valence-electron chi connectivity index (χ3n) is 4.16. The number of morpholine rings is 1. The molecule has 2 aliphatic rings. The van der Waals surface area contributed by atoms with Crippen LogP contribution in [0, 0.1) is 0 Å². The Morgan fingerprint density at radius 3 is 2.45 bits per heavy atom. The molecule has 116 valence electrons. The average molecular weight is 283 g/mol. The molecule has 0 aromatic carbocycles. The zero-order chi connectivity index (χ0) is 14.5. The molecule has 1 N–H and O–H groups in total. The van der Waals surface area contributed by atoms with Crippen LogP contribution in [-0.2, 0) is 9.53 Å². The molecule has 3 atom stereocenters. The summed E-state index contributed by atoms with van der Waals surface area (Å²) >= 11 is 0. The van der Waals surface area contributed by atoms with Crippen LogP contribution in [-0.4, -0.2) is 73.2 Å². The van der Waals surface area contributed by atoms with Crippen LogP contribution in [0.25, 0.3) is 0 Å². The zero-order valence-electron chi connectivity index (χ0n) is 13.1. The Labute approximate surface area is 122 Å². The first kappa shape index (κ1) is 15.7. The van der Waals surface area contributed by atoms with Gasteiger partial charge >= 0.3 is 0 Å². The Morgan fingerprint density at radius 1 is 1.25 bits per heavy atom. The summed E-state index contributed by atoms with van der Waals surface area (Å²) < 4.78 is 5.73. The van der Waals surface area contributed by atoms with Crippen molar-refractivity contribution in [1.29, 1.82) is 0 Å². The molecule has 20 heavy (non-hydrogen) atoms. The van der Waals surface area contributed by atoms with E-state index in [-0.39, 0.29) is 11.9 Å². The van der Waals surface area contributed by atoms with E-state index >= 15 is 0 Å². The Bertz CT molecular complexity index is 308. The van der Waals surface area contributed by atoms with Crippen molar-refractivity contribution in [3.63, 3.8) is 0 Å². The summed E-state index contributed by atoms with van der Waals surface area (Å²) in [6.07, 6.45) is 2.93. The molecule has 0 aromatic rings. The van der Waals surface area contributed by atoms with Crippen LogP contribution in [0.2, 0.25) is 0 Å². The van der Waals surface area contributed by atoms with Crippen molar-refractivity contribution >= 4 is 5.91 Å². The van der Waals surface area contributed by atoms with E-state index in [1.165, 1.54) is 0 Å². The molecule has 2 fully saturated rings. The van der Waals surface area contributed by atoms with Gasteiger partial charge in [0.05, 0.1) is 18.2 Å². The Kier molecular flexibility index (Phi) is 5.81. The minimum Gasteiger partial charge on any atom is -0.373 e. The molecule has 2 rings (SSSR count). The molecular formula is C15H29N3O2. The molecule has 5 heteroatoms. The Hall–Kier alpha value is -0.650. The summed E-state index contributed by atoms with van der Waals surface area (Å²) in [6, 6.07) is -0.0658. The highest BCUT2D eigenvalue weighted by Gasteiger charge is 2.24. The van der Waals surface area contributed by atoms with Crippen LogP contribution in [0.5, 0.6) is 0 Å². The minimum absolute atomic E-state index is 0.0658. The quantitative estimate of drug-likeness (QED) is 0.806. The maximum absolute atomic E-state index is 12.2. The van der Waals surface area contributed by atoms with Gasteiger partial charge in [0.25, 0.3) is 0 Å². The van der Waals surface area contributed by atoms with Gasteiger partial charge in [0, 0.05) is 39.3 Å². The first-order valence-corrected chi connectivity index (χ1v) is 7.96. The molecular weight excluding hydrogens is 254 g/mol. The van der Waals surface area contributed by atoms with E-state index in [2.05, 4.69) is 24.1 Å². The average Bonchev–Trinajstić information content (AvgIpc) is 2.90. The molecule has 0 spiro atoms. The van der Waals surface area contributed by atoms with E-state index in [9.17, 15) is 4.79 Å². The van der Waals surface area contributed by atoms with Gasteiger partial charge < -0.3 is 15.0 Å². The largest absolute Gasteiger partial charge is 0.373 e. The van der Waals surface area contributed by atoms with Crippen molar-refractivity contribution in [3.8, 4) is 0 Å². The number of nitrogens with zero attached hydrogens (tertiary/aromatic N) is 2. The van der Waals surface area contributed by atoms with E-state index in [4.69, 9.17) is 4.74 Å². The van der Waals surface area contributed by atoms with Gasteiger partial charge in [-0.1, -0.05) is 0 Å². The summed E-state index contributed by atoms with van der Waals surface area (Å²) in [5, 5.41) is 3.36. The maximum atomic E-state index is 12.2. The number of hydrogen-bond donors (Lipinski definition) is 1. The number of likely N-dealkylation sites (tertiary alicyclic amines) is 1. The van der Waals surface area contributed by atoms with Crippen molar-refractivity contribution in [2.45, 2.75) is 51.9 Å². The van der Waals surface area contributed by atoms with Gasteiger partial charge in [0.1, 0.15) is 0 Å². The van der Waals surface area contributed by atoms with Gasteiger partial charge in [-0.3, -0.25) is 9.69 Å². The summed E-state index contributed by atoms with van der Waals surface area (Å²) in [5.74, 6) is 0.256. The third-order valence-corrected chi connectivity index (χ3v) is 4.16. The minimum atomic E-state index is -0.0658. The highest BCUT2D eigenvalue weighted by atomic mass is 16.5. The van der Waals surface area contributed by atoms with Gasteiger partial charge in [0.15, 0.2) is 0 Å². The van der Waals surface area contributed by atoms with E-state index in [1.54, 1.807) is 0 Å². The summed E-state index contributed by atoms with van der Waals surface area (Å²) in [6.45, 7) is 11.9. The first-order valence-electron chi connectivity index (χ1n) is 7.96. The van der Waals surface area contributed by atoms with E-state index < -0.39 is 0 Å². The van der Waals surface area contributed by atoms with E-state index in [0.717, 1.165) is 52.1 Å². The maximum Gasteiger partial charge on any atom is 0.239 e. The molecule has 0 aromatic heterocycles. The van der Waals surface area contributed by atoms with Crippen LogP contribution in [0.15, 0.2) is 0 Å². The number of carbonyl (C=O) groups excluding carboxylic acids is 1. The fourth-order valence-electron chi connectivity index (χ4n) is 3.20. The Morgan fingerprint density at radius 2 is 1.85 bits per heavy atom. The van der Waals surface area contributed by atoms with Crippen LogP contribution in [0.3, 0.4) is 0 Å². The molecule has 0 saturated carbocycles. The number of rotatable bonds is 5. The summed E-state index contributed by atoms with van der Waals surface area (Å²) in [4.78, 5) is 16.6. The van der Waals surface area contributed by atoms with Crippen molar-refractivity contribution in [2.75, 3.05) is 39.3 Å². The molecule has 2 aliphatic heterocycles. The molecule has 2 heterocycles. The van der Waals surface area contributed by atoms with Crippen LogP contribution in [0.1, 0.15) is 33.6 Å². The summed E-state index contributed by atoms with van der Waals surface area (Å²) in [7, 11) is 0. The standard InChI is InChI=1S/C15H29N3O2/c1-12-10-17(11-13(2)20-12)9-6-16-14(3)15(19)18-7-4-5-8-18/h12-14,16H,4-11H2,1-3H3. The normalized spacial score (nSPS) is 29.6. The van der Waals surface area contributed by atoms with Crippen LogP contribution in [0.4, 0.5) is 0 Å². The highest BCUT2D eigenvalue weighted by molar-refractivity contribution is 5.81. The van der Waals surface area contributed by atoms with Gasteiger partial charge in [-0.25, -0.2) is 0 Å². The third kappa shape index (κ3) is 4.43. The van der Waals surface area contributed by atoms with Crippen molar-refractivity contribution in [2.24, 2.45) is 0 Å². The number of amides is 1. The molecule has 1 amide bonds. The first-order chi connectivity index (χ1) is 9.56. The predicted octanol–water partition coefficient (Wildman–Crippen LogP) is 0.696. The van der Waals surface area contributed by atoms with Crippen LogP contribution < -0.4 is 5.32 Å². The smallest absolute Gasteiger partial charge is 0.239 e. The van der Waals surface area contributed by atoms with Crippen molar-refractivity contribution in [3.05, 3.63) is 0 Å². The fourth-order valence-corrected chi connectivity index (χ4v) is 3.20. The number of ether oxygens (including phenoxy) is 1. The second-order valence-electron chi connectivity index (χ2n) is 6.23. The SMILES string of the molecule is CC1CN(CCNC(C)C(=O)N2CCCC2)CC(C)O1. The molecule has 5 nitrogen and oxygen atoms in total. The Balaban J connectivity index is 1.65. The number of carbonyl (C=O) groups is 1. The molecule has 3 unspecified atom stereocenters. The molecule has 0 bridgehead atoms. The lowest BCUT2D eigenvalue weighted by Gasteiger charge is -2.35. The second kappa shape index (κ2) is 7.38. The summed E-state index contributed by atoms with van der Waals surface area (Å²) in [5.41, 5.74) is 0. The van der Waals surface area contributed by atoms with Gasteiger partial charge in [-0.2, -0.15) is 0 Å². The van der Waals surface area contributed by atoms with Crippen molar-refractivity contribution in [1.82, 2.24) is 15.1 Å². The fraction of sp³-hybridized carbons (Fsp3) is 0.933. The van der Waals surface area contributed by atoms with Gasteiger partial charge in [-0.15, -0.1) is 0 Å². The lowest BCUT2D eigenvalue weighted by molar-refractivity contribution is -0.132. The topological polar surface area (TPSA) is 44.8 Å². The molecule has 2 saturated heterocycles. The van der Waals surface area contributed by atoms with Crippen molar-refractivity contribution < 1.29 is 9.53 Å². The lowest BCUT2D eigenvalue weighted by Crippen LogP contribution is -2.50. The zero-order valence-corrected chi connectivity index (χ0v) is 13.1. The molecule has 0 aliphatic carbocycles. The molecule has 0 radical (unpaired) electrons. The number of nitrogens with one attached hydrogen (secondary N) is 1. The van der Waals surface area contributed by atoms with E-state index in [1.807, 2.05) is 11.8 Å². The van der Waals surface area contributed by atoms with Crippen LogP contribution >= 0.6 is 0 Å². The highest BCUT2D eigenvalue weighted by Crippen LogP contribution is 2.10. The van der Waals surface area contributed by atoms with E-state index in [0.29, 0.717) is 12.2 Å².